The van der Waals surface area contributed by atoms with Gasteiger partial charge in [-0.15, -0.1) is 0 Å². The smallest absolute Gasteiger partial charge is 0.227 e. The molecule has 1 saturated carbocycles. The van der Waals surface area contributed by atoms with E-state index < -0.39 is 0 Å². The summed E-state index contributed by atoms with van der Waals surface area (Å²) in [5.74, 6) is 0.433. The summed E-state index contributed by atoms with van der Waals surface area (Å²) in [6.07, 6.45) is 6.95. The predicted octanol–water partition coefficient (Wildman–Crippen LogP) is 1.43. The molecule has 1 heterocycles. The molecular formula is C15H28N2O2. The Balaban J connectivity index is 1.85. The summed E-state index contributed by atoms with van der Waals surface area (Å²) < 4.78 is 0. The molecule has 3 unspecified atom stereocenters. The Kier molecular flexibility index (Phi) is 5.22. The Morgan fingerprint density at radius 1 is 1.37 bits per heavy atom. The maximum Gasteiger partial charge on any atom is 0.227 e. The molecule has 0 aromatic carbocycles. The van der Waals surface area contributed by atoms with Crippen molar-refractivity contribution < 1.29 is 9.90 Å². The Morgan fingerprint density at radius 2 is 2.16 bits per heavy atom. The van der Waals surface area contributed by atoms with E-state index in [1.54, 1.807) is 0 Å². The van der Waals surface area contributed by atoms with Crippen molar-refractivity contribution >= 4 is 5.91 Å². The zero-order valence-corrected chi connectivity index (χ0v) is 12.1. The summed E-state index contributed by atoms with van der Waals surface area (Å²) in [7, 11) is 0. The van der Waals surface area contributed by atoms with Gasteiger partial charge in [-0.3, -0.25) is 4.79 Å². The average molecular weight is 268 g/mol. The third kappa shape index (κ3) is 3.48. The average Bonchev–Trinajstić information content (AvgIpc) is 2.46. The van der Waals surface area contributed by atoms with Crippen LogP contribution in [-0.4, -0.2) is 36.8 Å². The lowest BCUT2D eigenvalue weighted by atomic mass is 9.77. The molecule has 0 bridgehead atoms. The van der Waals surface area contributed by atoms with Crippen molar-refractivity contribution in [1.29, 1.82) is 0 Å². The highest BCUT2D eigenvalue weighted by molar-refractivity contribution is 5.83. The molecule has 1 aliphatic heterocycles. The molecular weight excluding hydrogens is 240 g/mol. The monoisotopic (exact) mass is 268 g/mol. The lowest BCUT2D eigenvalue weighted by molar-refractivity contribution is -0.132. The van der Waals surface area contributed by atoms with Crippen LogP contribution in [0.1, 0.15) is 51.9 Å². The molecule has 1 saturated heterocycles. The minimum Gasteiger partial charge on any atom is -0.393 e. The molecule has 0 spiro atoms. The van der Waals surface area contributed by atoms with Gasteiger partial charge < -0.3 is 15.7 Å². The van der Waals surface area contributed by atoms with Gasteiger partial charge in [-0.2, -0.15) is 0 Å². The van der Waals surface area contributed by atoms with Crippen LogP contribution in [0.15, 0.2) is 0 Å². The molecule has 1 aliphatic carbocycles. The molecule has 3 N–H and O–H groups in total. The Morgan fingerprint density at radius 3 is 2.79 bits per heavy atom. The molecule has 2 fully saturated rings. The number of aliphatic hydroxyl groups is 1. The van der Waals surface area contributed by atoms with E-state index in [9.17, 15) is 9.90 Å². The van der Waals surface area contributed by atoms with Gasteiger partial charge in [-0.25, -0.2) is 0 Å². The fourth-order valence-corrected chi connectivity index (χ4v) is 3.46. The molecule has 3 atom stereocenters. The van der Waals surface area contributed by atoms with Crippen molar-refractivity contribution in [2.24, 2.45) is 11.3 Å². The Hall–Kier alpha value is -0.610. The molecule has 0 radical (unpaired) electrons. The highest BCUT2D eigenvalue weighted by atomic mass is 16.3. The number of carbonyl (C=O) groups is 1. The second-order valence-corrected chi connectivity index (χ2v) is 6.24. The van der Waals surface area contributed by atoms with E-state index in [1.807, 2.05) is 0 Å². The molecule has 2 rings (SSSR count). The number of hydrogen-bond donors (Lipinski definition) is 3. The summed E-state index contributed by atoms with van der Waals surface area (Å²) in [6, 6.07) is 0. The summed E-state index contributed by atoms with van der Waals surface area (Å²) >= 11 is 0. The molecule has 1 amide bonds. The van der Waals surface area contributed by atoms with E-state index in [0.29, 0.717) is 6.54 Å². The van der Waals surface area contributed by atoms with Gasteiger partial charge in [0.15, 0.2) is 0 Å². The zero-order valence-electron chi connectivity index (χ0n) is 12.1. The van der Waals surface area contributed by atoms with E-state index in [1.165, 1.54) is 6.42 Å². The Bertz CT molecular complexity index is 301. The van der Waals surface area contributed by atoms with Crippen LogP contribution < -0.4 is 10.6 Å². The van der Waals surface area contributed by atoms with Gasteiger partial charge in [0, 0.05) is 19.0 Å². The van der Waals surface area contributed by atoms with Crippen LogP contribution in [0.4, 0.5) is 0 Å². The van der Waals surface area contributed by atoms with Crippen molar-refractivity contribution in [3.05, 3.63) is 0 Å². The van der Waals surface area contributed by atoms with E-state index in [-0.39, 0.29) is 23.3 Å². The molecule has 19 heavy (non-hydrogen) atoms. The van der Waals surface area contributed by atoms with Crippen LogP contribution in [0, 0.1) is 11.3 Å². The quantitative estimate of drug-likeness (QED) is 0.723. The number of hydrogen-bond acceptors (Lipinski definition) is 3. The summed E-state index contributed by atoms with van der Waals surface area (Å²) in [5, 5.41) is 16.4. The van der Waals surface area contributed by atoms with Crippen LogP contribution >= 0.6 is 0 Å². The number of piperidine rings is 1. The van der Waals surface area contributed by atoms with E-state index in [0.717, 1.165) is 51.6 Å². The van der Waals surface area contributed by atoms with Gasteiger partial charge in [0.1, 0.15) is 0 Å². The molecule has 0 aromatic heterocycles. The predicted molar refractivity (Wildman–Crippen MR) is 75.8 cm³/mol. The van der Waals surface area contributed by atoms with Crippen LogP contribution in [0.2, 0.25) is 0 Å². The molecule has 110 valence electrons. The number of rotatable bonds is 4. The summed E-state index contributed by atoms with van der Waals surface area (Å²) in [4.78, 5) is 12.5. The minimum absolute atomic E-state index is 0.181. The third-order valence-corrected chi connectivity index (χ3v) is 5.02. The van der Waals surface area contributed by atoms with Gasteiger partial charge in [-0.05, 0) is 38.6 Å². The second-order valence-electron chi connectivity index (χ2n) is 6.24. The van der Waals surface area contributed by atoms with Crippen LogP contribution in [-0.2, 0) is 4.79 Å². The number of aliphatic hydroxyl groups excluding tert-OH is 1. The fourth-order valence-electron chi connectivity index (χ4n) is 3.46. The number of nitrogens with one attached hydrogen (secondary N) is 2. The standard InChI is InChI=1S/C15H28N2O2/c1-2-15(8-5-9-16-11-15)14(19)17-10-12-6-3-4-7-13(12)18/h12-13,16,18H,2-11H2,1H3,(H,17,19). The van der Waals surface area contributed by atoms with Gasteiger partial charge in [0.05, 0.1) is 11.5 Å². The SMILES string of the molecule is CCC1(C(=O)NCC2CCCCC2O)CCCNC1. The minimum atomic E-state index is -0.226. The summed E-state index contributed by atoms with van der Waals surface area (Å²) in [5.41, 5.74) is -0.224. The van der Waals surface area contributed by atoms with Gasteiger partial charge in [0.25, 0.3) is 0 Å². The van der Waals surface area contributed by atoms with Crippen molar-refractivity contribution in [2.45, 2.75) is 58.0 Å². The maximum atomic E-state index is 12.5. The van der Waals surface area contributed by atoms with Crippen molar-refractivity contribution in [3.8, 4) is 0 Å². The first kappa shape index (κ1) is 14.8. The van der Waals surface area contributed by atoms with E-state index in [4.69, 9.17) is 0 Å². The highest BCUT2D eigenvalue weighted by Crippen LogP contribution is 2.30. The lowest BCUT2D eigenvalue weighted by Gasteiger charge is -2.36. The van der Waals surface area contributed by atoms with Crippen molar-refractivity contribution in [1.82, 2.24) is 10.6 Å². The van der Waals surface area contributed by atoms with Crippen LogP contribution in [0.3, 0.4) is 0 Å². The zero-order chi connectivity index (χ0) is 13.7. The van der Waals surface area contributed by atoms with Crippen LogP contribution in [0.25, 0.3) is 0 Å². The van der Waals surface area contributed by atoms with Gasteiger partial charge in [0.2, 0.25) is 5.91 Å². The van der Waals surface area contributed by atoms with E-state index >= 15 is 0 Å². The number of amides is 1. The van der Waals surface area contributed by atoms with Gasteiger partial charge in [-0.1, -0.05) is 19.8 Å². The largest absolute Gasteiger partial charge is 0.393 e. The van der Waals surface area contributed by atoms with Crippen LogP contribution in [0.5, 0.6) is 0 Å². The first-order chi connectivity index (χ1) is 9.18. The fraction of sp³-hybridized carbons (Fsp3) is 0.933. The molecule has 2 aliphatic rings. The number of carbonyl (C=O) groups excluding carboxylic acids is 1. The summed E-state index contributed by atoms with van der Waals surface area (Å²) in [6.45, 7) is 4.56. The lowest BCUT2D eigenvalue weighted by Crippen LogP contribution is -2.51. The topological polar surface area (TPSA) is 61.4 Å². The molecule has 4 heteroatoms. The maximum absolute atomic E-state index is 12.5. The second kappa shape index (κ2) is 6.71. The van der Waals surface area contributed by atoms with Crippen molar-refractivity contribution in [3.63, 3.8) is 0 Å². The highest BCUT2D eigenvalue weighted by Gasteiger charge is 2.38. The third-order valence-electron chi connectivity index (χ3n) is 5.02. The normalized spacial score (nSPS) is 35.9. The first-order valence-electron chi connectivity index (χ1n) is 7.85. The molecule has 4 nitrogen and oxygen atoms in total. The van der Waals surface area contributed by atoms with E-state index in [2.05, 4.69) is 17.6 Å². The first-order valence-corrected chi connectivity index (χ1v) is 7.85. The molecule has 0 aromatic rings. The Labute approximate surface area is 116 Å². The van der Waals surface area contributed by atoms with Gasteiger partial charge >= 0.3 is 0 Å². The van der Waals surface area contributed by atoms with Crippen molar-refractivity contribution in [2.75, 3.05) is 19.6 Å².